The second-order valence-corrected chi connectivity index (χ2v) is 5.28. The summed E-state index contributed by atoms with van der Waals surface area (Å²) in [6, 6.07) is 5.54. The molecule has 1 N–H and O–H groups in total. The van der Waals surface area contributed by atoms with E-state index >= 15 is 0 Å². The van der Waals surface area contributed by atoms with E-state index in [1.807, 2.05) is 12.1 Å². The summed E-state index contributed by atoms with van der Waals surface area (Å²) >= 11 is 6.04. The molecule has 0 aromatic heterocycles. The van der Waals surface area contributed by atoms with Crippen molar-refractivity contribution in [2.24, 2.45) is 0 Å². The van der Waals surface area contributed by atoms with Crippen LogP contribution >= 0.6 is 11.6 Å². The maximum atomic E-state index is 12.1. The summed E-state index contributed by atoms with van der Waals surface area (Å²) in [5.74, 6) is 0.573. The van der Waals surface area contributed by atoms with Crippen molar-refractivity contribution in [3.8, 4) is 5.75 Å². The maximum Gasteiger partial charge on any atom is 0.142 e. The van der Waals surface area contributed by atoms with Crippen molar-refractivity contribution in [1.29, 1.82) is 0 Å². The number of ether oxygens (including phenoxy) is 1. The van der Waals surface area contributed by atoms with Crippen molar-refractivity contribution in [2.75, 3.05) is 13.3 Å². The van der Waals surface area contributed by atoms with Gasteiger partial charge in [0, 0.05) is 17.6 Å². The molecule has 0 saturated carbocycles. The van der Waals surface area contributed by atoms with Crippen LogP contribution in [0.1, 0.15) is 26.3 Å². The molecule has 1 rings (SSSR count). The number of hydrogen-bond donors (Lipinski definition) is 1. The molecule has 0 saturated heterocycles. The van der Waals surface area contributed by atoms with Crippen molar-refractivity contribution >= 4 is 11.6 Å². The Kier molecular flexibility index (Phi) is 5.22. The minimum Gasteiger partial charge on any atom is -0.489 e. The lowest BCUT2D eigenvalue weighted by molar-refractivity contribution is 0.269. The van der Waals surface area contributed by atoms with E-state index in [-0.39, 0.29) is 12.1 Å². The molecule has 0 aliphatic carbocycles. The first kappa shape index (κ1) is 14.3. The van der Waals surface area contributed by atoms with Gasteiger partial charge in [0.25, 0.3) is 0 Å². The number of benzene rings is 1. The van der Waals surface area contributed by atoms with Gasteiger partial charge in [-0.3, -0.25) is 0 Å². The average Bonchev–Trinajstić information content (AvgIpc) is 2.24. The van der Waals surface area contributed by atoms with E-state index in [1.165, 1.54) is 0 Å². The van der Waals surface area contributed by atoms with Crippen molar-refractivity contribution in [3.05, 3.63) is 28.8 Å². The summed E-state index contributed by atoms with van der Waals surface area (Å²) in [4.78, 5) is 0. The summed E-state index contributed by atoms with van der Waals surface area (Å²) in [6.45, 7) is 6.41. The van der Waals surface area contributed by atoms with Gasteiger partial charge in [-0.1, -0.05) is 23.7 Å². The molecule has 96 valence electrons. The zero-order valence-electron chi connectivity index (χ0n) is 10.5. The number of rotatable bonds is 5. The zero-order valence-corrected chi connectivity index (χ0v) is 11.3. The van der Waals surface area contributed by atoms with E-state index in [9.17, 15) is 4.39 Å². The highest BCUT2D eigenvalue weighted by molar-refractivity contribution is 6.32. The molecule has 0 atom stereocenters. The standard InChI is InChI=1S/C13H19ClFNO/c1-13(2,3)16-9-10-5-4-6-11(14)12(10)17-8-7-15/h4-6,16H,7-9H2,1-3H3. The topological polar surface area (TPSA) is 21.3 Å². The Balaban J connectivity index is 2.79. The van der Waals surface area contributed by atoms with Crippen LogP contribution in [-0.4, -0.2) is 18.8 Å². The minimum absolute atomic E-state index is 0.0136. The highest BCUT2D eigenvalue weighted by Crippen LogP contribution is 2.28. The zero-order chi connectivity index (χ0) is 12.9. The molecule has 0 bridgehead atoms. The molecule has 0 spiro atoms. The summed E-state index contributed by atoms with van der Waals surface area (Å²) in [5.41, 5.74) is 0.959. The van der Waals surface area contributed by atoms with Crippen molar-refractivity contribution in [3.63, 3.8) is 0 Å². The first-order chi connectivity index (χ1) is 7.94. The first-order valence-corrected chi connectivity index (χ1v) is 6.03. The fourth-order valence-corrected chi connectivity index (χ4v) is 1.60. The van der Waals surface area contributed by atoms with Crippen molar-refractivity contribution < 1.29 is 9.13 Å². The van der Waals surface area contributed by atoms with Crippen LogP contribution in [0.25, 0.3) is 0 Å². The van der Waals surface area contributed by atoms with Crippen molar-refractivity contribution in [2.45, 2.75) is 32.9 Å². The summed E-state index contributed by atoms with van der Waals surface area (Å²) in [7, 11) is 0. The number of halogens is 2. The van der Waals surface area contributed by atoms with E-state index in [0.29, 0.717) is 17.3 Å². The molecule has 0 unspecified atom stereocenters. The van der Waals surface area contributed by atoms with Gasteiger partial charge in [-0.15, -0.1) is 0 Å². The Bertz CT molecular complexity index is 363. The van der Waals surface area contributed by atoms with Crippen LogP contribution in [0.5, 0.6) is 5.75 Å². The van der Waals surface area contributed by atoms with Crippen LogP contribution in [0.4, 0.5) is 4.39 Å². The summed E-state index contributed by atoms with van der Waals surface area (Å²) in [5, 5.41) is 3.87. The fourth-order valence-electron chi connectivity index (χ4n) is 1.36. The Morgan fingerprint density at radius 2 is 2.06 bits per heavy atom. The van der Waals surface area contributed by atoms with Gasteiger partial charge in [0.2, 0.25) is 0 Å². The lowest BCUT2D eigenvalue weighted by atomic mass is 10.1. The fraction of sp³-hybridized carbons (Fsp3) is 0.538. The van der Waals surface area contributed by atoms with Crippen LogP contribution in [-0.2, 0) is 6.54 Å². The van der Waals surface area contributed by atoms with E-state index in [2.05, 4.69) is 26.1 Å². The number of para-hydroxylation sites is 1. The number of hydrogen-bond acceptors (Lipinski definition) is 2. The van der Waals surface area contributed by atoms with E-state index in [1.54, 1.807) is 6.07 Å². The second-order valence-electron chi connectivity index (χ2n) is 4.87. The average molecular weight is 260 g/mol. The third kappa shape index (κ3) is 4.92. The molecular formula is C13H19ClFNO. The highest BCUT2D eigenvalue weighted by atomic mass is 35.5. The lowest BCUT2D eigenvalue weighted by Crippen LogP contribution is -2.35. The van der Waals surface area contributed by atoms with Gasteiger partial charge in [0.05, 0.1) is 5.02 Å². The van der Waals surface area contributed by atoms with Gasteiger partial charge in [-0.25, -0.2) is 4.39 Å². The minimum atomic E-state index is -0.517. The monoisotopic (exact) mass is 259 g/mol. The third-order valence-electron chi connectivity index (χ3n) is 2.18. The maximum absolute atomic E-state index is 12.1. The molecule has 17 heavy (non-hydrogen) atoms. The van der Waals surface area contributed by atoms with Gasteiger partial charge in [-0.05, 0) is 26.8 Å². The molecule has 0 aliphatic rings. The predicted molar refractivity (Wildman–Crippen MR) is 69.5 cm³/mol. The first-order valence-electron chi connectivity index (χ1n) is 5.65. The van der Waals surface area contributed by atoms with Crippen LogP contribution in [0.15, 0.2) is 18.2 Å². The number of nitrogens with one attached hydrogen (secondary N) is 1. The molecule has 1 aromatic rings. The molecule has 0 fully saturated rings. The summed E-state index contributed by atoms with van der Waals surface area (Å²) in [6.07, 6.45) is 0. The van der Waals surface area contributed by atoms with E-state index < -0.39 is 6.67 Å². The second kappa shape index (κ2) is 6.22. The molecule has 0 radical (unpaired) electrons. The van der Waals surface area contributed by atoms with E-state index in [0.717, 1.165) is 5.56 Å². The van der Waals surface area contributed by atoms with Gasteiger partial charge >= 0.3 is 0 Å². The molecule has 0 amide bonds. The largest absolute Gasteiger partial charge is 0.489 e. The van der Waals surface area contributed by atoms with Gasteiger partial charge in [-0.2, -0.15) is 0 Å². The Morgan fingerprint density at radius 1 is 1.35 bits per heavy atom. The Hall–Kier alpha value is -0.800. The molecule has 4 heteroatoms. The van der Waals surface area contributed by atoms with Crippen LogP contribution in [0.2, 0.25) is 5.02 Å². The smallest absolute Gasteiger partial charge is 0.142 e. The molecule has 2 nitrogen and oxygen atoms in total. The molecular weight excluding hydrogens is 241 g/mol. The predicted octanol–water partition coefficient (Wildman–Crippen LogP) is 3.58. The van der Waals surface area contributed by atoms with Gasteiger partial charge in [0.15, 0.2) is 0 Å². The quantitative estimate of drug-likeness (QED) is 0.873. The van der Waals surface area contributed by atoms with Crippen LogP contribution in [0.3, 0.4) is 0 Å². The summed E-state index contributed by atoms with van der Waals surface area (Å²) < 4.78 is 17.5. The SMILES string of the molecule is CC(C)(C)NCc1cccc(Cl)c1OCCF. The normalized spacial score (nSPS) is 11.6. The molecule has 0 aliphatic heterocycles. The van der Waals surface area contributed by atoms with Crippen LogP contribution in [0, 0.1) is 0 Å². The van der Waals surface area contributed by atoms with Crippen LogP contribution < -0.4 is 10.1 Å². The Morgan fingerprint density at radius 3 is 2.65 bits per heavy atom. The van der Waals surface area contributed by atoms with Gasteiger partial charge < -0.3 is 10.1 Å². The van der Waals surface area contributed by atoms with E-state index in [4.69, 9.17) is 16.3 Å². The van der Waals surface area contributed by atoms with Gasteiger partial charge in [0.1, 0.15) is 19.0 Å². The van der Waals surface area contributed by atoms with Crippen molar-refractivity contribution in [1.82, 2.24) is 5.32 Å². The highest BCUT2D eigenvalue weighted by Gasteiger charge is 2.12. The Labute approximate surface area is 107 Å². The molecule has 0 heterocycles. The molecule has 1 aromatic carbocycles. The third-order valence-corrected chi connectivity index (χ3v) is 2.48. The lowest BCUT2D eigenvalue weighted by Gasteiger charge is -2.22. The number of alkyl halides is 1.